The van der Waals surface area contributed by atoms with Crippen LogP contribution < -0.4 is 0 Å². The van der Waals surface area contributed by atoms with E-state index < -0.39 is 0 Å². The van der Waals surface area contributed by atoms with E-state index in [0.29, 0.717) is 0 Å². The molecule has 0 saturated heterocycles. The van der Waals surface area contributed by atoms with Crippen molar-refractivity contribution in [2.45, 2.75) is 0 Å². The van der Waals surface area contributed by atoms with Crippen molar-refractivity contribution in [3.05, 3.63) is 182 Å². The van der Waals surface area contributed by atoms with Crippen molar-refractivity contribution < 1.29 is 0 Å². The van der Waals surface area contributed by atoms with Crippen molar-refractivity contribution in [2.75, 3.05) is 0 Å². The highest BCUT2D eigenvalue weighted by molar-refractivity contribution is 6.10. The summed E-state index contributed by atoms with van der Waals surface area (Å²) in [6.07, 6.45) is 0. The van der Waals surface area contributed by atoms with Crippen LogP contribution in [0.2, 0.25) is 0 Å². The van der Waals surface area contributed by atoms with Gasteiger partial charge in [-0.05, 0) is 124 Å². The van der Waals surface area contributed by atoms with E-state index in [-0.39, 0.29) is 0 Å². The number of benzene rings is 9. The van der Waals surface area contributed by atoms with Crippen LogP contribution >= 0.6 is 0 Å². The molecule has 46 heavy (non-hydrogen) atoms. The predicted molar refractivity (Wildman–Crippen MR) is 198 cm³/mol. The van der Waals surface area contributed by atoms with Gasteiger partial charge in [0.05, 0.1) is 0 Å². The molecule has 0 aliphatic carbocycles. The van der Waals surface area contributed by atoms with E-state index in [4.69, 9.17) is 0 Å². The highest BCUT2D eigenvalue weighted by Crippen LogP contribution is 2.40. The average Bonchev–Trinajstić information content (AvgIpc) is 3.14. The Labute approximate surface area is 268 Å². The lowest BCUT2D eigenvalue weighted by Gasteiger charge is -2.15. The molecule has 0 aliphatic rings. The van der Waals surface area contributed by atoms with Gasteiger partial charge in [-0.25, -0.2) is 0 Å². The second-order valence-electron chi connectivity index (χ2n) is 12.2. The van der Waals surface area contributed by atoms with Gasteiger partial charge in [-0.2, -0.15) is 0 Å². The second kappa shape index (κ2) is 10.9. The molecule has 0 amide bonds. The van der Waals surface area contributed by atoms with E-state index in [0.717, 1.165) is 0 Å². The molecule has 9 aromatic carbocycles. The summed E-state index contributed by atoms with van der Waals surface area (Å²) in [5, 5.41) is 10.1. The molecular weight excluding hydrogens is 553 g/mol. The van der Waals surface area contributed by atoms with Gasteiger partial charge in [0.2, 0.25) is 0 Å². The first-order chi connectivity index (χ1) is 22.8. The van der Waals surface area contributed by atoms with Gasteiger partial charge < -0.3 is 0 Å². The van der Waals surface area contributed by atoms with Gasteiger partial charge in [0.25, 0.3) is 0 Å². The minimum Gasteiger partial charge on any atom is -0.0622 e. The zero-order valence-corrected chi connectivity index (χ0v) is 25.3. The van der Waals surface area contributed by atoms with Crippen molar-refractivity contribution in [1.29, 1.82) is 0 Å². The zero-order valence-electron chi connectivity index (χ0n) is 25.3. The summed E-state index contributed by atoms with van der Waals surface area (Å²) in [5.74, 6) is 0. The third-order valence-corrected chi connectivity index (χ3v) is 9.40. The first-order valence-electron chi connectivity index (χ1n) is 15.9. The summed E-state index contributed by atoms with van der Waals surface area (Å²) in [6.45, 7) is 0. The number of rotatable bonds is 4. The van der Waals surface area contributed by atoms with E-state index in [1.807, 2.05) is 0 Å². The molecular formula is C46H30. The Morgan fingerprint density at radius 2 is 0.522 bits per heavy atom. The molecule has 0 heteroatoms. The fraction of sp³-hybridized carbons (Fsp3) is 0. The maximum atomic E-state index is 2.36. The maximum absolute atomic E-state index is 2.36. The second-order valence-corrected chi connectivity index (χ2v) is 12.2. The van der Waals surface area contributed by atoms with Crippen molar-refractivity contribution in [1.82, 2.24) is 0 Å². The Hall–Kier alpha value is -5.98. The minimum absolute atomic E-state index is 1.23. The van der Waals surface area contributed by atoms with Crippen LogP contribution in [-0.2, 0) is 0 Å². The number of hydrogen-bond acceptors (Lipinski definition) is 0. The standard InChI is InChI=1S/C46H30/c1-3-11-31(12-4-1)43-27-33-15-7-9-17-35(33)29-45(43)39-21-23-41-37(25-39)19-20-38-26-40(22-24-42(38)41)46-30-36-18-10-8-16-34(36)28-44(46)32-13-5-2-6-14-32/h1-30H. The van der Waals surface area contributed by atoms with Crippen molar-refractivity contribution in [3.63, 3.8) is 0 Å². The van der Waals surface area contributed by atoms with Crippen LogP contribution in [0, 0.1) is 0 Å². The molecule has 0 saturated carbocycles. The van der Waals surface area contributed by atoms with Gasteiger partial charge in [-0.3, -0.25) is 0 Å². The van der Waals surface area contributed by atoms with Crippen LogP contribution in [-0.4, -0.2) is 0 Å². The normalized spacial score (nSPS) is 11.5. The molecule has 214 valence electrons. The largest absolute Gasteiger partial charge is 0.0622 e. The quantitative estimate of drug-likeness (QED) is 0.181. The Morgan fingerprint density at radius 1 is 0.196 bits per heavy atom. The highest BCUT2D eigenvalue weighted by atomic mass is 14.2. The predicted octanol–water partition coefficient (Wildman–Crippen LogP) is 13.0. The Kier molecular flexibility index (Phi) is 6.25. The van der Waals surface area contributed by atoms with Gasteiger partial charge >= 0.3 is 0 Å². The molecule has 0 nitrogen and oxygen atoms in total. The molecule has 0 aromatic heterocycles. The van der Waals surface area contributed by atoms with Gasteiger partial charge in [0, 0.05) is 0 Å². The highest BCUT2D eigenvalue weighted by Gasteiger charge is 2.13. The fourth-order valence-electron chi connectivity index (χ4n) is 7.08. The summed E-state index contributed by atoms with van der Waals surface area (Å²) in [6, 6.07) is 66.6. The maximum Gasteiger partial charge on any atom is -0.00988 e. The van der Waals surface area contributed by atoms with Crippen LogP contribution in [0.3, 0.4) is 0 Å². The molecule has 0 fully saturated rings. The van der Waals surface area contributed by atoms with Gasteiger partial charge in [0.15, 0.2) is 0 Å². The molecule has 0 atom stereocenters. The third-order valence-electron chi connectivity index (χ3n) is 9.40. The fourth-order valence-corrected chi connectivity index (χ4v) is 7.08. The van der Waals surface area contributed by atoms with E-state index in [1.165, 1.54) is 87.6 Å². The summed E-state index contributed by atoms with van der Waals surface area (Å²) in [7, 11) is 0. The van der Waals surface area contributed by atoms with Crippen LogP contribution in [0.25, 0.3) is 87.6 Å². The average molecular weight is 583 g/mol. The molecule has 0 radical (unpaired) electrons. The van der Waals surface area contributed by atoms with E-state index in [1.54, 1.807) is 0 Å². The molecule has 0 bridgehead atoms. The lowest BCUT2D eigenvalue weighted by atomic mass is 9.89. The Balaban J connectivity index is 1.19. The number of hydrogen-bond donors (Lipinski definition) is 0. The lowest BCUT2D eigenvalue weighted by molar-refractivity contribution is 1.61. The van der Waals surface area contributed by atoms with Gasteiger partial charge in [-0.15, -0.1) is 0 Å². The Bertz CT molecular complexity index is 2380. The lowest BCUT2D eigenvalue weighted by Crippen LogP contribution is -1.89. The molecule has 0 N–H and O–H groups in total. The number of fused-ring (bicyclic) bond motifs is 5. The SMILES string of the molecule is c1ccc(-c2cc3ccccc3cc2-c2ccc3c(ccc4cc(-c5cc6ccccc6cc5-c5ccccc5)ccc43)c2)cc1. The van der Waals surface area contributed by atoms with Gasteiger partial charge in [-0.1, -0.05) is 146 Å². The molecule has 9 rings (SSSR count). The van der Waals surface area contributed by atoms with Crippen LogP contribution in [0.15, 0.2) is 182 Å². The van der Waals surface area contributed by atoms with Crippen molar-refractivity contribution >= 4 is 43.1 Å². The smallest absolute Gasteiger partial charge is 0.00988 e. The summed E-state index contributed by atoms with van der Waals surface area (Å²) in [4.78, 5) is 0. The summed E-state index contributed by atoms with van der Waals surface area (Å²) < 4.78 is 0. The molecule has 0 spiro atoms. The van der Waals surface area contributed by atoms with Crippen LogP contribution in [0.5, 0.6) is 0 Å². The van der Waals surface area contributed by atoms with Crippen molar-refractivity contribution in [3.8, 4) is 44.5 Å². The Morgan fingerprint density at radius 3 is 0.891 bits per heavy atom. The third kappa shape index (κ3) is 4.55. The molecule has 0 aliphatic heterocycles. The monoisotopic (exact) mass is 582 g/mol. The van der Waals surface area contributed by atoms with E-state index >= 15 is 0 Å². The van der Waals surface area contributed by atoms with Crippen LogP contribution in [0.4, 0.5) is 0 Å². The first kappa shape index (κ1) is 26.4. The van der Waals surface area contributed by atoms with E-state index in [2.05, 4.69) is 182 Å². The topological polar surface area (TPSA) is 0 Å². The van der Waals surface area contributed by atoms with Crippen LogP contribution in [0.1, 0.15) is 0 Å². The molecule has 0 unspecified atom stereocenters. The first-order valence-corrected chi connectivity index (χ1v) is 15.9. The van der Waals surface area contributed by atoms with Gasteiger partial charge in [0.1, 0.15) is 0 Å². The zero-order chi connectivity index (χ0) is 30.5. The van der Waals surface area contributed by atoms with E-state index in [9.17, 15) is 0 Å². The molecule has 9 aromatic rings. The minimum atomic E-state index is 1.23. The van der Waals surface area contributed by atoms with Crippen molar-refractivity contribution in [2.24, 2.45) is 0 Å². The molecule has 0 heterocycles. The summed E-state index contributed by atoms with van der Waals surface area (Å²) >= 11 is 0. The summed E-state index contributed by atoms with van der Waals surface area (Å²) in [5.41, 5.74) is 9.96.